The number of rotatable bonds is 9. The summed E-state index contributed by atoms with van der Waals surface area (Å²) in [5.41, 5.74) is 0.476. The van der Waals surface area contributed by atoms with Gasteiger partial charge in [-0.25, -0.2) is 0 Å². The molecule has 9 nitrogen and oxygen atoms in total. The molecule has 1 amide bonds. The second-order valence-electron chi connectivity index (χ2n) is 15.3. The lowest BCUT2D eigenvalue weighted by Gasteiger charge is -2.69. The molecule has 10 atom stereocenters. The van der Waals surface area contributed by atoms with E-state index in [9.17, 15) is 32.8 Å². The van der Waals surface area contributed by atoms with Crippen LogP contribution in [0.5, 0.6) is 0 Å². The number of carbonyl (C=O) groups is 2. The van der Waals surface area contributed by atoms with Crippen LogP contribution in [-0.4, -0.2) is 65.7 Å². The van der Waals surface area contributed by atoms with Crippen LogP contribution in [-0.2, 0) is 24.4 Å². The minimum absolute atomic E-state index is 0.000237. The van der Waals surface area contributed by atoms with E-state index >= 15 is 0 Å². The Morgan fingerprint density at radius 2 is 1.74 bits per heavy atom. The van der Waals surface area contributed by atoms with E-state index in [0.717, 1.165) is 44.1 Å². The van der Waals surface area contributed by atoms with Gasteiger partial charge >= 0.3 is 5.97 Å². The Morgan fingerprint density at radius 3 is 2.35 bits per heavy atom. The van der Waals surface area contributed by atoms with Crippen molar-refractivity contribution in [2.75, 3.05) is 12.3 Å². The van der Waals surface area contributed by atoms with Gasteiger partial charge in [-0.3, -0.25) is 14.1 Å². The maximum atomic E-state index is 13.8. The molecule has 0 aliphatic heterocycles. The lowest BCUT2D eigenvalue weighted by atomic mass is 9.36. The van der Waals surface area contributed by atoms with Gasteiger partial charge in [-0.05, 0) is 103 Å². The van der Waals surface area contributed by atoms with Crippen molar-refractivity contribution in [2.24, 2.45) is 45.8 Å². The number of esters is 1. The van der Waals surface area contributed by atoms with Gasteiger partial charge in [0.15, 0.2) is 0 Å². The van der Waals surface area contributed by atoms with Gasteiger partial charge < -0.3 is 20.3 Å². The number of ether oxygens (including phenoxy) is 1. The van der Waals surface area contributed by atoms with E-state index in [4.69, 9.17) is 4.74 Å². The largest absolute Gasteiger partial charge is 0.458 e. The van der Waals surface area contributed by atoms with E-state index in [-0.39, 0.29) is 46.6 Å². The predicted octanol–water partition coefficient (Wildman–Crippen LogP) is 4.67. The molecule has 4 rings (SSSR count). The minimum Gasteiger partial charge on any atom is -0.458 e. The molecule has 0 aromatic heterocycles. The highest BCUT2D eigenvalue weighted by Gasteiger charge is 2.70. The molecular formula is C33H55NO8S. The van der Waals surface area contributed by atoms with Gasteiger partial charge in [-0.2, -0.15) is 8.42 Å². The van der Waals surface area contributed by atoms with Crippen LogP contribution in [0.4, 0.5) is 0 Å². The molecule has 4 fully saturated rings. The van der Waals surface area contributed by atoms with Crippen molar-refractivity contribution in [3.05, 3.63) is 11.1 Å². The van der Waals surface area contributed by atoms with E-state index in [1.54, 1.807) is 0 Å². The molecule has 0 saturated heterocycles. The van der Waals surface area contributed by atoms with Crippen molar-refractivity contribution < 1.29 is 37.5 Å². The monoisotopic (exact) mass is 625 g/mol. The van der Waals surface area contributed by atoms with Crippen molar-refractivity contribution in [2.45, 2.75) is 125 Å². The smallest absolute Gasteiger partial charge is 0.303 e. The number of fused-ring (bicyclic) bond motifs is 5. The van der Waals surface area contributed by atoms with Gasteiger partial charge in [0.2, 0.25) is 5.91 Å². The Kier molecular flexibility index (Phi) is 9.89. The highest BCUT2D eigenvalue weighted by atomic mass is 32.2. The average Bonchev–Trinajstić information content (AvgIpc) is 3.14. The van der Waals surface area contributed by atoms with Gasteiger partial charge in [0.25, 0.3) is 10.1 Å². The quantitative estimate of drug-likeness (QED) is 0.164. The third-order valence-electron chi connectivity index (χ3n) is 12.5. The van der Waals surface area contributed by atoms with Crippen molar-refractivity contribution in [3.63, 3.8) is 0 Å². The normalized spacial score (nSPS) is 42.1. The maximum absolute atomic E-state index is 13.8. The standard InChI is InChI=1S/C33H55NO8S/c1-19(2)9-8-10-22(30(38)34-15-16-43(39,40)41)28-24-17-26(37)29-31(5)13-12-25(36)20(3)23(31)11-14-32(29,6)33(24,7)18-27(28)42-21(4)35/h19-20,23-27,29,36-37H,8-18H2,1-7H3,(H,34,38)(H,39,40,41)/b28-22+/t20-,23-,24-,25+,26+,27-,29-,31-,32-,33-/m0/s1. The summed E-state index contributed by atoms with van der Waals surface area (Å²) in [5.74, 6) is -0.718. The summed E-state index contributed by atoms with van der Waals surface area (Å²) >= 11 is 0. The van der Waals surface area contributed by atoms with E-state index in [1.165, 1.54) is 6.92 Å². The summed E-state index contributed by atoms with van der Waals surface area (Å²) in [4.78, 5) is 26.2. The predicted molar refractivity (Wildman–Crippen MR) is 164 cm³/mol. The second kappa shape index (κ2) is 12.4. The number of nitrogens with one attached hydrogen (secondary N) is 1. The van der Waals surface area contributed by atoms with Crippen LogP contribution in [0, 0.1) is 45.8 Å². The fourth-order valence-electron chi connectivity index (χ4n) is 10.4. The second-order valence-corrected chi connectivity index (χ2v) is 16.9. The van der Waals surface area contributed by atoms with Gasteiger partial charge in [0.1, 0.15) is 6.10 Å². The van der Waals surface area contributed by atoms with Crippen molar-refractivity contribution in [1.29, 1.82) is 0 Å². The zero-order chi connectivity index (χ0) is 32.1. The third-order valence-corrected chi connectivity index (χ3v) is 13.2. The first kappa shape index (κ1) is 34.4. The van der Waals surface area contributed by atoms with Gasteiger partial charge in [0.05, 0.1) is 18.0 Å². The van der Waals surface area contributed by atoms with Crippen LogP contribution in [0.1, 0.15) is 106 Å². The number of aliphatic hydroxyl groups is 2. The zero-order valence-corrected chi connectivity index (χ0v) is 28.0. The Morgan fingerprint density at radius 1 is 1.07 bits per heavy atom. The van der Waals surface area contributed by atoms with Gasteiger partial charge in [-0.15, -0.1) is 0 Å². The molecule has 4 aliphatic carbocycles. The molecule has 4 N–H and O–H groups in total. The zero-order valence-electron chi connectivity index (χ0n) is 27.2. The molecule has 4 aliphatic rings. The molecule has 0 spiro atoms. The highest BCUT2D eigenvalue weighted by molar-refractivity contribution is 7.85. The number of hydrogen-bond donors (Lipinski definition) is 4. The average molecular weight is 626 g/mol. The molecule has 0 unspecified atom stereocenters. The summed E-state index contributed by atoms with van der Waals surface area (Å²) in [7, 11) is -4.25. The SMILES string of the molecule is CC(=O)O[C@H]1C[C@@]2(C)[C@@H](C[C@@H](O)[C@H]3[C@@]4(C)CC[C@@H](O)[C@@H](C)[C@@H]4CC[C@@]32C)/C1=C(/CCCC(C)C)C(=O)NCCS(=O)(=O)O. The molecule has 0 bridgehead atoms. The maximum Gasteiger partial charge on any atom is 0.303 e. The van der Waals surface area contributed by atoms with Crippen molar-refractivity contribution in [1.82, 2.24) is 5.32 Å². The van der Waals surface area contributed by atoms with E-state index in [1.807, 2.05) is 0 Å². The fraction of sp³-hybridized carbons (Fsp3) is 0.879. The molecule has 0 aromatic carbocycles. The first-order valence-corrected chi connectivity index (χ1v) is 18.0. The van der Waals surface area contributed by atoms with Gasteiger partial charge in [-0.1, -0.05) is 48.0 Å². The van der Waals surface area contributed by atoms with Crippen molar-refractivity contribution >= 4 is 22.0 Å². The molecule has 246 valence electrons. The minimum atomic E-state index is -4.25. The molecule has 4 saturated carbocycles. The Bertz CT molecular complexity index is 1220. The Hall–Kier alpha value is -1.49. The van der Waals surface area contributed by atoms with Crippen LogP contribution in [0.2, 0.25) is 0 Å². The van der Waals surface area contributed by atoms with E-state index < -0.39 is 40.0 Å². The van der Waals surface area contributed by atoms with Crippen LogP contribution in [0.15, 0.2) is 11.1 Å². The first-order chi connectivity index (χ1) is 19.9. The number of carbonyl (C=O) groups excluding carboxylic acids is 2. The first-order valence-electron chi connectivity index (χ1n) is 16.4. The highest BCUT2D eigenvalue weighted by Crippen LogP contribution is 2.74. The Balaban J connectivity index is 1.80. The van der Waals surface area contributed by atoms with Crippen molar-refractivity contribution in [3.8, 4) is 0 Å². The molecule has 0 heterocycles. The lowest BCUT2D eigenvalue weighted by molar-refractivity contribution is -0.234. The molecule has 43 heavy (non-hydrogen) atoms. The summed E-state index contributed by atoms with van der Waals surface area (Å²) in [6.45, 7) is 14.4. The summed E-state index contributed by atoms with van der Waals surface area (Å²) in [5, 5.41) is 25.5. The summed E-state index contributed by atoms with van der Waals surface area (Å²) in [6.07, 6.45) is 4.92. The Labute approximate surface area is 258 Å². The lowest BCUT2D eigenvalue weighted by Crippen LogP contribution is -2.65. The summed E-state index contributed by atoms with van der Waals surface area (Å²) < 4.78 is 37.9. The topological polar surface area (TPSA) is 150 Å². The molecule has 0 aromatic rings. The molecule has 0 radical (unpaired) electrons. The van der Waals surface area contributed by atoms with E-state index in [2.05, 4.69) is 46.9 Å². The van der Waals surface area contributed by atoms with Crippen LogP contribution in [0.25, 0.3) is 0 Å². The summed E-state index contributed by atoms with van der Waals surface area (Å²) in [6, 6.07) is 0. The number of hydrogen-bond acceptors (Lipinski definition) is 7. The number of amides is 1. The van der Waals surface area contributed by atoms with Crippen LogP contribution < -0.4 is 5.32 Å². The van der Waals surface area contributed by atoms with E-state index in [0.29, 0.717) is 36.7 Å². The third kappa shape index (κ3) is 6.32. The fourth-order valence-corrected chi connectivity index (χ4v) is 10.7. The molecule has 10 heteroatoms. The number of aliphatic hydroxyl groups excluding tert-OH is 2. The molecular weight excluding hydrogens is 570 g/mol. The van der Waals surface area contributed by atoms with Crippen LogP contribution >= 0.6 is 0 Å². The van der Waals surface area contributed by atoms with Gasteiger partial charge in [0, 0.05) is 19.0 Å². The van der Waals surface area contributed by atoms with Crippen LogP contribution in [0.3, 0.4) is 0 Å².